The standard InChI is InChI=1S/C10H19NO/c1-4-6-8-10(11(3)12)9-7-5-2/h6-10,12H,4-5H2,1-3H3. The summed E-state index contributed by atoms with van der Waals surface area (Å²) in [6.07, 6.45) is 10.1. The lowest BCUT2D eigenvalue weighted by atomic mass is 10.2. The van der Waals surface area contributed by atoms with Crippen molar-refractivity contribution >= 4 is 0 Å². The molecule has 0 aliphatic rings. The van der Waals surface area contributed by atoms with Crippen molar-refractivity contribution in [1.29, 1.82) is 0 Å². The van der Waals surface area contributed by atoms with E-state index in [9.17, 15) is 5.21 Å². The second-order valence-electron chi connectivity index (χ2n) is 2.74. The van der Waals surface area contributed by atoms with E-state index in [1.807, 2.05) is 12.2 Å². The van der Waals surface area contributed by atoms with Gasteiger partial charge in [0.05, 0.1) is 6.04 Å². The molecule has 0 aromatic heterocycles. The molecule has 0 spiro atoms. The summed E-state index contributed by atoms with van der Waals surface area (Å²) in [5.41, 5.74) is 0. The Hall–Kier alpha value is -0.600. The fourth-order valence-corrected chi connectivity index (χ4v) is 0.864. The first-order valence-electron chi connectivity index (χ1n) is 4.47. The van der Waals surface area contributed by atoms with E-state index in [0.29, 0.717) is 0 Å². The van der Waals surface area contributed by atoms with Crippen LogP contribution in [0.1, 0.15) is 26.7 Å². The molecule has 0 aromatic rings. The Morgan fingerprint density at radius 1 is 1.17 bits per heavy atom. The van der Waals surface area contributed by atoms with Gasteiger partial charge < -0.3 is 5.21 Å². The first-order valence-corrected chi connectivity index (χ1v) is 4.47. The minimum absolute atomic E-state index is 0.0184. The van der Waals surface area contributed by atoms with Crippen LogP contribution in [0.15, 0.2) is 24.3 Å². The zero-order chi connectivity index (χ0) is 9.40. The van der Waals surface area contributed by atoms with Gasteiger partial charge in [0.1, 0.15) is 0 Å². The van der Waals surface area contributed by atoms with Gasteiger partial charge in [0, 0.05) is 7.05 Å². The molecule has 0 bridgehead atoms. The summed E-state index contributed by atoms with van der Waals surface area (Å²) in [4.78, 5) is 0. The van der Waals surface area contributed by atoms with E-state index in [1.54, 1.807) is 7.05 Å². The van der Waals surface area contributed by atoms with Crippen LogP contribution in [0.2, 0.25) is 0 Å². The molecule has 12 heavy (non-hydrogen) atoms. The second-order valence-corrected chi connectivity index (χ2v) is 2.74. The van der Waals surface area contributed by atoms with Crippen molar-refractivity contribution in [2.75, 3.05) is 7.05 Å². The van der Waals surface area contributed by atoms with Crippen LogP contribution in [0.25, 0.3) is 0 Å². The molecular formula is C10H19NO. The van der Waals surface area contributed by atoms with Crippen LogP contribution < -0.4 is 0 Å². The zero-order valence-electron chi connectivity index (χ0n) is 8.20. The number of likely N-dealkylation sites (N-methyl/N-ethyl adjacent to an activating group) is 1. The van der Waals surface area contributed by atoms with E-state index >= 15 is 0 Å². The van der Waals surface area contributed by atoms with Gasteiger partial charge in [-0.15, -0.1) is 0 Å². The molecule has 2 nitrogen and oxygen atoms in total. The summed E-state index contributed by atoms with van der Waals surface area (Å²) in [6.45, 7) is 4.16. The van der Waals surface area contributed by atoms with Crippen molar-refractivity contribution in [3.63, 3.8) is 0 Å². The normalized spacial score (nSPS) is 15.1. The Morgan fingerprint density at radius 3 is 1.83 bits per heavy atom. The molecule has 0 saturated heterocycles. The van der Waals surface area contributed by atoms with Gasteiger partial charge in [0.2, 0.25) is 0 Å². The number of nitrogens with zero attached hydrogens (tertiary/aromatic N) is 1. The highest BCUT2D eigenvalue weighted by molar-refractivity contribution is 5.04. The molecule has 0 unspecified atom stereocenters. The topological polar surface area (TPSA) is 23.5 Å². The lowest BCUT2D eigenvalue weighted by Crippen LogP contribution is -2.24. The predicted octanol–water partition coefficient (Wildman–Crippen LogP) is 2.61. The van der Waals surface area contributed by atoms with Crippen molar-refractivity contribution in [1.82, 2.24) is 5.06 Å². The summed E-state index contributed by atoms with van der Waals surface area (Å²) in [5, 5.41) is 10.4. The predicted molar refractivity (Wildman–Crippen MR) is 52.2 cm³/mol. The summed E-state index contributed by atoms with van der Waals surface area (Å²) in [6, 6.07) is 0.0184. The summed E-state index contributed by atoms with van der Waals surface area (Å²) < 4.78 is 0. The van der Waals surface area contributed by atoms with Gasteiger partial charge in [-0.05, 0) is 12.8 Å². The maximum atomic E-state index is 9.20. The molecule has 0 heterocycles. The molecule has 0 aliphatic heterocycles. The smallest absolute Gasteiger partial charge is 0.0708 e. The minimum atomic E-state index is 0.0184. The largest absolute Gasteiger partial charge is 0.313 e. The molecule has 2 heteroatoms. The van der Waals surface area contributed by atoms with Gasteiger partial charge in [-0.2, -0.15) is 5.06 Å². The molecule has 0 rings (SSSR count). The van der Waals surface area contributed by atoms with Crippen molar-refractivity contribution in [2.45, 2.75) is 32.7 Å². The van der Waals surface area contributed by atoms with Crippen LogP contribution >= 0.6 is 0 Å². The fraction of sp³-hybridized carbons (Fsp3) is 0.600. The minimum Gasteiger partial charge on any atom is -0.313 e. The molecule has 0 atom stereocenters. The molecule has 0 radical (unpaired) electrons. The zero-order valence-corrected chi connectivity index (χ0v) is 8.20. The van der Waals surface area contributed by atoms with Crippen LogP contribution in [-0.2, 0) is 0 Å². The summed E-state index contributed by atoms with van der Waals surface area (Å²) in [5.74, 6) is 0. The number of hydroxylamine groups is 2. The van der Waals surface area contributed by atoms with Crippen molar-refractivity contribution in [3.8, 4) is 0 Å². The number of hydrogen-bond acceptors (Lipinski definition) is 2. The first kappa shape index (κ1) is 11.4. The second kappa shape index (κ2) is 7.07. The number of hydrogen-bond donors (Lipinski definition) is 1. The average Bonchev–Trinajstić information content (AvgIpc) is 2.04. The molecule has 1 N–H and O–H groups in total. The lowest BCUT2D eigenvalue weighted by Gasteiger charge is -2.14. The molecule has 70 valence electrons. The molecule has 0 fully saturated rings. The van der Waals surface area contributed by atoms with Gasteiger partial charge in [0.25, 0.3) is 0 Å². The summed E-state index contributed by atoms with van der Waals surface area (Å²) in [7, 11) is 1.66. The lowest BCUT2D eigenvalue weighted by molar-refractivity contribution is -0.0751. The highest BCUT2D eigenvalue weighted by atomic mass is 16.5. The maximum Gasteiger partial charge on any atom is 0.0708 e. The van der Waals surface area contributed by atoms with Crippen LogP contribution in [0.4, 0.5) is 0 Å². The van der Waals surface area contributed by atoms with E-state index in [4.69, 9.17) is 0 Å². The van der Waals surface area contributed by atoms with Crippen LogP contribution in [-0.4, -0.2) is 23.4 Å². The Morgan fingerprint density at radius 2 is 1.58 bits per heavy atom. The number of allylic oxidation sites excluding steroid dienone is 2. The first-order chi connectivity index (χ1) is 5.72. The third-order valence-corrected chi connectivity index (χ3v) is 1.57. The van der Waals surface area contributed by atoms with Crippen LogP contribution in [0.5, 0.6) is 0 Å². The van der Waals surface area contributed by atoms with E-state index < -0.39 is 0 Å². The van der Waals surface area contributed by atoms with E-state index in [-0.39, 0.29) is 6.04 Å². The summed E-state index contributed by atoms with van der Waals surface area (Å²) >= 11 is 0. The average molecular weight is 169 g/mol. The molecule has 0 aliphatic carbocycles. The van der Waals surface area contributed by atoms with Crippen molar-refractivity contribution in [3.05, 3.63) is 24.3 Å². The van der Waals surface area contributed by atoms with Crippen LogP contribution in [0.3, 0.4) is 0 Å². The van der Waals surface area contributed by atoms with Crippen LogP contribution in [0, 0.1) is 0 Å². The maximum absolute atomic E-state index is 9.20. The quantitative estimate of drug-likeness (QED) is 0.505. The molecular weight excluding hydrogens is 150 g/mol. The van der Waals surface area contributed by atoms with Gasteiger partial charge in [-0.25, -0.2) is 0 Å². The highest BCUT2D eigenvalue weighted by Gasteiger charge is 2.02. The molecule has 0 aromatic carbocycles. The van der Waals surface area contributed by atoms with Crippen molar-refractivity contribution < 1.29 is 5.21 Å². The van der Waals surface area contributed by atoms with Crippen molar-refractivity contribution in [2.24, 2.45) is 0 Å². The number of rotatable bonds is 5. The molecule has 0 amide bonds. The van der Waals surface area contributed by atoms with Gasteiger partial charge >= 0.3 is 0 Å². The fourth-order valence-electron chi connectivity index (χ4n) is 0.864. The Kier molecular flexibility index (Phi) is 6.72. The monoisotopic (exact) mass is 169 g/mol. The SMILES string of the molecule is CCC=CC(C=CCC)N(C)O. The van der Waals surface area contributed by atoms with E-state index in [1.165, 1.54) is 5.06 Å². The van der Waals surface area contributed by atoms with Gasteiger partial charge in [-0.3, -0.25) is 0 Å². The highest BCUT2D eigenvalue weighted by Crippen LogP contribution is 1.99. The van der Waals surface area contributed by atoms with Gasteiger partial charge in [-0.1, -0.05) is 38.2 Å². The third-order valence-electron chi connectivity index (χ3n) is 1.57. The van der Waals surface area contributed by atoms with Gasteiger partial charge in [0.15, 0.2) is 0 Å². The Balaban J connectivity index is 4.04. The van der Waals surface area contributed by atoms with E-state index in [2.05, 4.69) is 26.0 Å². The Labute approximate surface area is 75.2 Å². The van der Waals surface area contributed by atoms with E-state index in [0.717, 1.165) is 12.8 Å². The Bertz CT molecular complexity index is 136. The third kappa shape index (κ3) is 5.10. The molecule has 0 saturated carbocycles.